The second-order valence-electron chi connectivity index (χ2n) is 14.8. The van der Waals surface area contributed by atoms with Crippen LogP contribution in [0, 0.1) is 0 Å². The van der Waals surface area contributed by atoms with E-state index in [1.807, 2.05) is 36.4 Å². The molecule has 9 aromatic carbocycles. The minimum atomic E-state index is 0.625. The lowest BCUT2D eigenvalue weighted by molar-refractivity contribution is 1.07. The lowest BCUT2D eigenvalue weighted by Crippen LogP contribution is -2.04. The Bertz CT molecular complexity index is 3450. The van der Waals surface area contributed by atoms with Crippen molar-refractivity contribution < 1.29 is 0 Å². The van der Waals surface area contributed by atoms with Gasteiger partial charge in [0.25, 0.3) is 0 Å². The summed E-state index contributed by atoms with van der Waals surface area (Å²) in [5.41, 5.74) is 9.59. The smallest absolute Gasteiger partial charge is 0.166 e. The van der Waals surface area contributed by atoms with Gasteiger partial charge in [-0.25, -0.2) is 15.0 Å². The number of fused-ring (bicyclic) bond motifs is 8. The molecule has 0 N–H and O–H groups in total. The third-order valence-corrected chi connectivity index (χ3v) is 11.5. The fraction of sp³-hybridized carbons (Fsp3) is 0. The van der Waals surface area contributed by atoms with Crippen LogP contribution in [0.15, 0.2) is 200 Å². The summed E-state index contributed by atoms with van der Waals surface area (Å²) in [7, 11) is 0. The Kier molecular flexibility index (Phi) is 7.16. The predicted octanol–water partition coefficient (Wildman–Crippen LogP) is 13.4. The van der Waals surface area contributed by atoms with E-state index in [9.17, 15) is 0 Å². The second-order valence-corrected chi connectivity index (χ2v) is 14.8. The van der Waals surface area contributed by atoms with Gasteiger partial charge in [0, 0.05) is 38.4 Å². The monoisotopic (exact) mass is 739 g/mol. The molecule has 0 amide bonds. The lowest BCUT2D eigenvalue weighted by atomic mass is 10.0. The number of para-hydroxylation sites is 3. The molecule has 0 aliphatic carbocycles. The van der Waals surface area contributed by atoms with E-state index in [0.717, 1.165) is 55.3 Å². The predicted molar refractivity (Wildman–Crippen MR) is 240 cm³/mol. The van der Waals surface area contributed by atoms with E-state index in [1.54, 1.807) is 0 Å². The molecule has 0 aliphatic rings. The highest BCUT2D eigenvalue weighted by Crippen LogP contribution is 2.41. The van der Waals surface area contributed by atoms with Crippen molar-refractivity contribution in [1.82, 2.24) is 24.1 Å². The summed E-state index contributed by atoms with van der Waals surface area (Å²) in [5.74, 6) is 1.89. The van der Waals surface area contributed by atoms with E-state index in [-0.39, 0.29) is 0 Å². The van der Waals surface area contributed by atoms with E-state index in [0.29, 0.717) is 17.5 Å². The SMILES string of the molecule is c1ccc(-c2nc(-c3ccccc3)nc(-c3c(-n4c5ccccc5c5cc6ccc(-n7c8ccccc8c8ccccc87)cc6cc54)ccc4ccccc34)n2)cc1. The number of benzene rings is 9. The Morgan fingerprint density at radius 1 is 0.293 bits per heavy atom. The van der Waals surface area contributed by atoms with Crippen LogP contribution in [-0.2, 0) is 0 Å². The first-order chi connectivity index (χ1) is 28.8. The molecule has 12 aromatic rings. The maximum atomic E-state index is 5.28. The maximum Gasteiger partial charge on any atom is 0.166 e. The van der Waals surface area contributed by atoms with Crippen LogP contribution >= 0.6 is 0 Å². The Labute approximate surface area is 333 Å². The van der Waals surface area contributed by atoms with Crippen LogP contribution in [0.4, 0.5) is 0 Å². The van der Waals surface area contributed by atoms with Crippen molar-refractivity contribution in [3.8, 4) is 45.5 Å². The zero-order chi connectivity index (χ0) is 38.2. The number of hydrogen-bond acceptors (Lipinski definition) is 3. The molecule has 0 radical (unpaired) electrons. The Morgan fingerprint density at radius 2 is 0.793 bits per heavy atom. The molecule has 12 rings (SSSR count). The molecule has 3 heterocycles. The van der Waals surface area contributed by atoms with Crippen molar-refractivity contribution in [3.63, 3.8) is 0 Å². The van der Waals surface area contributed by atoms with Crippen molar-refractivity contribution in [2.75, 3.05) is 0 Å². The minimum absolute atomic E-state index is 0.625. The van der Waals surface area contributed by atoms with Gasteiger partial charge in [-0.1, -0.05) is 152 Å². The quantitative estimate of drug-likeness (QED) is 0.177. The maximum absolute atomic E-state index is 5.28. The highest BCUT2D eigenvalue weighted by atomic mass is 15.1. The zero-order valence-corrected chi connectivity index (χ0v) is 31.3. The average Bonchev–Trinajstić information content (AvgIpc) is 3.80. The first-order valence-corrected chi connectivity index (χ1v) is 19.6. The van der Waals surface area contributed by atoms with Crippen LogP contribution < -0.4 is 0 Å². The summed E-state index contributed by atoms with van der Waals surface area (Å²) in [6, 6.07) is 71.0. The topological polar surface area (TPSA) is 48.5 Å². The van der Waals surface area contributed by atoms with Gasteiger partial charge in [0.05, 0.1) is 33.3 Å². The molecule has 3 aromatic heterocycles. The molecule has 58 heavy (non-hydrogen) atoms. The Morgan fingerprint density at radius 3 is 1.43 bits per heavy atom. The second kappa shape index (κ2) is 12.8. The van der Waals surface area contributed by atoms with Gasteiger partial charge in [0.15, 0.2) is 17.5 Å². The molecule has 5 nitrogen and oxygen atoms in total. The van der Waals surface area contributed by atoms with Gasteiger partial charge in [-0.05, 0) is 70.1 Å². The van der Waals surface area contributed by atoms with Crippen LogP contribution in [0.2, 0.25) is 0 Å². The molecule has 0 saturated heterocycles. The number of hydrogen-bond donors (Lipinski definition) is 0. The van der Waals surface area contributed by atoms with Crippen LogP contribution in [0.1, 0.15) is 0 Å². The molecule has 0 saturated carbocycles. The minimum Gasteiger partial charge on any atom is -0.309 e. The van der Waals surface area contributed by atoms with Crippen molar-refractivity contribution in [2.45, 2.75) is 0 Å². The van der Waals surface area contributed by atoms with Crippen molar-refractivity contribution in [2.24, 2.45) is 0 Å². The number of aromatic nitrogens is 5. The molecule has 5 heteroatoms. The summed E-state index contributed by atoms with van der Waals surface area (Å²) < 4.78 is 4.80. The van der Waals surface area contributed by atoms with E-state index in [2.05, 4.69) is 173 Å². The fourth-order valence-corrected chi connectivity index (χ4v) is 8.90. The summed E-state index contributed by atoms with van der Waals surface area (Å²) in [6.45, 7) is 0. The molecule has 0 fully saturated rings. The summed E-state index contributed by atoms with van der Waals surface area (Å²) >= 11 is 0. The number of nitrogens with zero attached hydrogens (tertiary/aromatic N) is 5. The molecule has 0 unspecified atom stereocenters. The van der Waals surface area contributed by atoms with E-state index < -0.39 is 0 Å². The van der Waals surface area contributed by atoms with Crippen molar-refractivity contribution in [1.29, 1.82) is 0 Å². The number of rotatable bonds is 5. The molecule has 0 atom stereocenters. The highest BCUT2D eigenvalue weighted by molar-refractivity contribution is 6.15. The molecular weight excluding hydrogens is 707 g/mol. The first-order valence-electron chi connectivity index (χ1n) is 19.6. The van der Waals surface area contributed by atoms with Gasteiger partial charge in [-0.15, -0.1) is 0 Å². The van der Waals surface area contributed by atoms with Crippen LogP contribution in [0.3, 0.4) is 0 Å². The third-order valence-electron chi connectivity index (χ3n) is 11.5. The van der Waals surface area contributed by atoms with Gasteiger partial charge in [0.1, 0.15) is 0 Å². The highest BCUT2D eigenvalue weighted by Gasteiger charge is 2.22. The molecule has 270 valence electrons. The zero-order valence-electron chi connectivity index (χ0n) is 31.3. The molecule has 0 aliphatic heterocycles. The van der Waals surface area contributed by atoms with Gasteiger partial charge in [-0.3, -0.25) is 0 Å². The van der Waals surface area contributed by atoms with Crippen LogP contribution in [0.25, 0.3) is 111 Å². The lowest BCUT2D eigenvalue weighted by Gasteiger charge is -2.17. The fourth-order valence-electron chi connectivity index (χ4n) is 8.90. The van der Waals surface area contributed by atoms with Crippen LogP contribution in [0.5, 0.6) is 0 Å². The van der Waals surface area contributed by atoms with Gasteiger partial charge in [0.2, 0.25) is 0 Å². The Hall–Kier alpha value is -7.89. The summed E-state index contributed by atoms with van der Waals surface area (Å²) in [5, 5.41) is 9.43. The van der Waals surface area contributed by atoms with E-state index in [4.69, 9.17) is 15.0 Å². The van der Waals surface area contributed by atoms with Crippen molar-refractivity contribution in [3.05, 3.63) is 200 Å². The third kappa shape index (κ3) is 5.00. The summed E-state index contributed by atoms with van der Waals surface area (Å²) in [4.78, 5) is 15.6. The largest absolute Gasteiger partial charge is 0.309 e. The van der Waals surface area contributed by atoms with E-state index in [1.165, 1.54) is 38.0 Å². The Balaban J connectivity index is 1.15. The van der Waals surface area contributed by atoms with E-state index >= 15 is 0 Å². The van der Waals surface area contributed by atoms with Crippen LogP contribution in [-0.4, -0.2) is 24.1 Å². The average molecular weight is 740 g/mol. The summed E-state index contributed by atoms with van der Waals surface area (Å²) in [6.07, 6.45) is 0. The normalized spacial score (nSPS) is 11.8. The molecule has 0 spiro atoms. The van der Waals surface area contributed by atoms with Gasteiger partial charge < -0.3 is 9.13 Å². The van der Waals surface area contributed by atoms with Gasteiger partial charge >= 0.3 is 0 Å². The molecular formula is C53H33N5. The molecule has 0 bridgehead atoms. The standard InChI is InChI=1S/C53H33N5/c1-3-16-35(17-4-1)51-54-52(36-18-5-2-6-19-36)56-53(55-51)50-40-20-8-7-15-34(40)28-30-48(50)58-47-26-14-11-23-43(47)44-32-37-27-29-39(31-38(37)33-49(44)58)57-45-24-12-9-21-41(45)42-22-10-13-25-46(42)57/h1-33H. The van der Waals surface area contributed by atoms with Crippen molar-refractivity contribution >= 4 is 65.2 Å². The first kappa shape index (κ1) is 32.4. The van der Waals surface area contributed by atoms with Gasteiger partial charge in [-0.2, -0.15) is 0 Å².